The topological polar surface area (TPSA) is 182 Å². The number of aromatic nitrogens is 4. The number of nitrogens with two attached hydrogens (primary N) is 1. The zero-order valence-corrected chi connectivity index (χ0v) is 28.1. The summed E-state index contributed by atoms with van der Waals surface area (Å²) < 4.78 is 52.3. The first-order valence-electron chi connectivity index (χ1n) is 15.4. The van der Waals surface area contributed by atoms with Crippen molar-refractivity contribution < 1.29 is 37.3 Å². The highest BCUT2D eigenvalue weighted by molar-refractivity contribution is 7.54. The normalized spacial score (nSPS) is 13.1. The van der Waals surface area contributed by atoms with E-state index in [4.69, 9.17) is 24.5 Å². The van der Waals surface area contributed by atoms with E-state index in [0.717, 1.165) is 11.1 Å². The molecule has 0 aliphatic heterocycles. The standard InChI is InChI=1S/C32H41FN7O7P/c1-21(2)46-30(41)25(17-23-11-7-5-8-12-23)38-48(43,39-26(31(42)47-22(3)4)18-24-13-9-6-10-14-24)45-20-44-16-15-40-19-35-27-28(34)36-32(33)37-29(27)40/h5-14,19,21-22,25-26H,15-18,20H2,1-4H3,(H2,34,36,37)(H2,38,39,43)/t25-,26-/m0/s1. The number of carbonyl (C=O) groups excluding carboxylic acids is 2. The lowest BCUT2D eigenvalue weighted by Crippen LogP contribution is -2.47. The molecule has 2 aromatic carbocycles. The summed E-state index contributed by atoms with van der Waals surface area (Å²) in [6.07, 6.45) is -0.264. The van der Waals surface area contributed by atoms with E-state index >= 15 is 0 Å². The minimum absolute atomic E-state index is 0.00264. The van der Waals surface area contributed by atoms with Crippen LogP contribution >= 0.6 is 7.67 Å². The van der Waals surface area contributed by atoms with Gasteiger partial charge in [0.2, 0.25) is 0 Å². The van der Waals surface area contributed by atoms with Gasteiger partial charge >= 0.3 is 25.7 Å². The molecule has 0 amide bonds. The van der Waals surface area contributed by atoms with E-state index in [9.17, 15) is 18.5 Å². The molecule has 4 aromatic rings. The Balaban J connectivity index is 1.55. The van der Waals surface area contributed by atoms with Gasteiger partial charge in [0.05, 0.1) is 25.1 Å². The molecule has 4 rings (SSSR count). The van der Waals surface area contributed by atoms with Crippen molar-refractivity contribution in [2.45, 2.75) is 71.4 Å². The van der Waals surface area contributed by atoms with Gasteiger partial charge in [0.25, 0.3) is 0 Å². The molecule has 0 fully saturated rings. The molecule has 48 heavy (non-hydrogen) atoms. The highest BCUT2D eigenvalue weighted by Crippen LogP contribution is 2.40. The van der Waals surface area contributed by atoms with Gasteiger partial charge in [-0.2, -0.15) is 14.4 Å². The molecular weight excluding hydrogens is 644 g/mol. The minimum atomic E-state index is -4.29. The second-order valence-corrected chi connectivity index (χ2v) is 13.3. The Kier molecular flexibility index (Phi) is 13.1. The number of carbonyl (C=O) groups is 2. The Morgan fingerprint density at radius 2 is 1.40 bits per heavy atom. The first-order chi connectivity index (χ1) is 22.9. The number of imidazole rings is 1. The third-order valence-electron chi connectivity index (χ3n) is 6.75. The second kappa shape index (κ2) is 17.2. The molecule has 4 N–H and O–H groups in total. The molecule has 2 heterocycles. The zero-order valence-electron chi connectivity index (χ0n) is 27.2. The van der Waals surface area contributed by atoms with Gasteiger partial charge < -0.3 is 24.5 Å². The summed E-state index contributed by atoms with van der Waals surface area (Å²) in [7, 11) is -4.29. The molecule has 0 bridgehead atoms. The molecule has 0 unspecified atom stereocenters. The molecule has 0 radical (unpaired) electrons. The van der Waals surface area contributed by atoms with Crippen molar-refractivity contribution in [3.05, 3.63) is 84.2 Å². The number of benzene rings is 2. The molecule has 14 nitrogen and oxygen atoms in total. The van der Waals surface area contributed by atoms with Crippen molar-refractivity contribution >= 4 is 36.6 Å². The fraction of sp³-hybridized carbons (Fsp3) is 0.406. The lowest BCUT2D eigenvalue weighted by Gasteiger charge is -2.29. The number of hydrogen-bond acceptors (Lipinski definition) is 11. The SMILES string of the molecule is CC(C)OC(=O)[C@H](Cc1ccccc1)NP(=O)(N[C@@H](Cc1ccccc1)C(=O)OC(C)C)OCOCCn1cnc2c(N)nc(F)nc21. The number of fused-ring (bicyclic) bond motifs is 1. The molecule has 16 heteroatoms. The number of nitrogen functional groups attached to an aromatic ring is 1. The second-order valence-electron chi connectivity index (χ2n) is 11.4. The van der Waals surface area contributed by atoms with Gasteiger partial charge in [-0.15, -0.1) is 0 Å². The zero-order chi connectivity index (χ0) is 34.7. The molecule has 0 saturated carbocycles. The number of esters is 2. The van der Waals surface area contributed by atoms with Crippen LogP contribution < -0.4 is 15.9 Å². The maximum atomic E-state index is 14.6. The number of halogens is 1. The van der Waals surface area contributed by atoms with Gasteiger partial charge in [-0.3, -0.25) is 18.7 Å². The quantitative estimate of drug-likeness (QED) is 0.0451. The molecule has 0 saturated heterocycles. The largest absolute Gasteiger partial charge is 0.462 e. The summed E-state index contributed by atoms with van der Waals surface area (Å²) in [6.45, 7) is 6.46. The van der Waals surface area contributed by atoms with E-state index in [2.05, 4.69) is 25.1 Å². The Hall–Kier alpha value is -4.27. The third kappa shape index (κ3) is 10.9. The predicted molar refractivity (Wildman–Crippen MR) is 176 cm³/mol. The van der Waals surface area contributed by atoms with Gasteiger partial charge in [-0.25, -0.2) is 15.2 Å². The Bertz CT molecular complexity index is 1620. The molecule has 0 aliphatic rings. The molecule has 0 spiro atoms. The van der Waals surface area contributed by atoms with Crippen LogP contribution in [0, 0.1) is 6.08 Å². The number of rotatable bonds is 18. The average molecular weight is 686 g/mol. The lowest BCUT2D eigenvalue weighted by atomic mass is 10.1. The summed E-state index contributed by atoms with van der Waals surface area (Å²) in [5.41, 5.74) is 7.69. The van der Waals surface area contributed by atoms with Crippen molar-refractivity contribution in [1.29, 1.82) is 0 Å². The third-order valence-corrected chi connectivity index (χ3v) is 8.52. The van der Waals surface area contributed by atoms with Gasteiger partial charge in [-0.1, -0.05) is 60.7 Å². The summed E-state index contributed by atoms with van der Waals surface area (Å²) >= 11 is 0. The van der Waals surface area contributed by atoms with Crippen LogP contribution in [0.3, 0.4) is 0 Å². The van der Waals surface area contributed by atoms with E-state index in [0.29, 0.717) is 0 Å². The van der Waals surface area contributed by atoms with Crippen LogP contribution in [0.4, 0.5) is 10.2 Å². The first kappa shape index (κ1) is 36.6. The highest BCUT2D eigenvalue weighted by Gasteiger charge is 2.37. The highest BCUT2D eigenvalue weighted by atomic mass is 31.2. The molecule has 258 valence electrons. The van der Waals surface area contributed by atoms with Crippen LogP contribution in [-0.2, 0) is 52.3 Å². The molecular formula is C32H41FN7O7P. The van der Waals surface area contributed by atoms with Crippen LogP contribution in [0.25, 0.3) is 11.2 Å². The fourth-order valence-corrected chi connectivity index (χ4v) is 6.31. The number of nitrogens with zero attached hydrogens (tertiary/aromatic N) is 4. The summed E-state index contributed by atoms with van der Waals surface area (Å²) in [5.74, 6) is -1.42. The Morgan fingerprint density at radius 3 is 1.90 bits per heavy atom. The molecule has 2 aromatic heterocycles. The monoisotopic (exact) mass is 685 g/mol. The maximum absolute atomic E-state index is 14.6. The van der Waals surface area contributed by atoms with Crippen molar-refractivity contribution in [1.82, 2.24) is 29.7 Å². The van der Waals surface area contributed by atoms with Crippen LogP contribution in [0.15, 0.2) is 67.0 Å². The van der Waals surface area contributed by atoms with Crippen molar-refractivity contribution in [3.63, 3.8) is 0 Å². The summed E-state index contributed by atoms with van der Waals surface area (Å²) in [6, 6.07) is 16.0. The summed E-state index contributed by atoms with van der Waals surface area (Å²) in [4.78, 5) is 37.9. The smallest absolute Gasteiger partial charge is 0.344 e. The van der Waals surface area contributed by atoms with Crippen molar-refractivity contribution in [2.24, 2.45) is 0 Å². The van der Waals surface area contributed by atoms with E-state index in [1.807, 2.05) is 60.7 Å². The minimum Gasteiger partial charge on any atom is -0.462 e. The van der Waals surface area contributed by atoms with E-state index in [-0.39, 0.29) is 43.0 Å². The number of nitrogens with one attached hydrogen (secondary N) is 2. The van der Waals surface area contributed by atoms with Crippen LogP contribution in [-0.4, -0.2) is 69.1 Å². The molecule has 2 atom stereocenters. The number of anilines is 1. The van der Waals surface area contributed by atoms with Crippen LogP contribution in [0.2, 0.25) is 0 Å². The Labute approximate surface area is 278 Å². The number of hydrogen-bond donors (Lipinski definition) is 3. The molecule has 0 aliphatic carbocycles. The maximum Gasteiger partial charge on any atom is 0.344 e. The average Bonchev–Trinajstić information content (AvgIpc) is 3.43. The van der Waals surface area contributed by atoms with E-state index < -0.39 is 56.8 Å². The number of ether oxygens (including phenoxy) is 3. The van der Waals surface area contributed by atoms with Crippen molar-refractivity contribution in [2.75, 3.05) is 19.1 Å². The van der Waals surface area contributed by atoms with Gasteiger partial charge in [0, 0.05) is 6.54 Å². The van der Waals surface area contributed by atoms with E-state index in [1.165, 1.54) is 10.9 Å². The van der Waals surface area contributed by atoms with E-state index in [1.54, 1.807) is 27.7 Å². The first-order valence-corrected chi connectivity index (χ1v) is 17.1. The van der Waals surface area contributed by atoms with Crippen LogP contribution in [0.5, 0.6) is 0 Å². The van der Waals surface area contributed by atoms with Crippen molar-refractivity contribution in [3.8, 4) is 0 Å². The van der Waals surface area contributed by atoms with Gasteiger partial charge in [-0.05, 0) is 51.7 Å². The van der Waals surface area contributed by atoms with Crippen LogP contribution in [0.1, 0.15) is 38.8 Å². The lowest BCUT2D eigenvalue weighted by molar-refractivity contribution is -0.150. The fourth-order valence-electron chi connectivity index (χ4n) is 4.65. The predicted octanol–water partition coefficient (Wildman–Crippen LogP) is 3.95. The van der Waals surface area contributed by atoms with Gasteiger partial charge in [0.15, 0.2) is 18.3 Å². The Morgan fingerprint density at radius 1 is 0.875 bits per heavy atom. The summed E-state index contributed by atoms with van der Waals surface area (Å²) in [5, 5.41) is 5.64. The van der Waals surface area contributed by atoms with Gasteiger partial charge in [0.1, 0.15) is 17.6 Å².